The van der Waals surface area contributed by atoms with E-state index in [0.717, 1.165) is 0 Å². The van der Waals surface area contributed by atoms with Crippen LogP contribution in [0.4, 0.5) is 4.39 Å². The second-order valence-electron chi connectivity index (χ2n) is 3.08. The number of nitrogens with one attached hydrogen (secondary N) is 2. The first kappa shape index (κ1) is 10.9. The first-order chi connectivity index (χ1) is 8.25. The molecule has 7 heteroatoms. The van der Waals surface area contributed by atoms with E-state index in [1.54, 1.807) is 12.1 Å². The lowest BCUT2D eigenvalue weighted by Crippen LogP contribution is -2.19. The molecule has 1 aromatic carbocycles. The van der Waals surface area contributed by atoms with E-state index in [0.29, 0.717) is 5.56 Å². The lowest BCUT2D eigenvalue weighted by atomic mass is 10.2. The Morgan fingerprint density at radius 2 is 2.18 bits per heavy atom. The summed E-state index contributed by atoms with van der Waals surface area (Å²) in [5.41, 5.74) is 2.92. The van der Waals surface area contributed by atoms with Gasteiger partial charge >= 0.3 is 5.91 Å². The van der Waals surface area contributed by atoms with Gasteiger partial charge in [-0.05, 0) is 17.7 Å². The summed E-state index contributed by atoms with van der Waals surface area (Å²) < 4.78 is 12.6. The molecule has 0 saturated carbocycles. The molecule has 0 atom stereocenters. The molecule has 2 N–H and O–H groups in total. The van der Waals surface area contributed by atoms with Gasteiger partial charge in [0, 0.05) is 0 Å². The summed E-state index contributed by atoms with van der Waals surface area (Å²) in [6.45, 7) is 0. The van der Waals surface area contributed by atoms with Crippen molar-refractivity contribution in [3.05, 3.63) is 47.8 Å². The zero-order chi connectivity index (χ0) is 12.1. The van der Waals surface area contributed by atoms with Gasteiger partial charge in [0.1, 0.15) is 12.1 Å². The predicted molar refractivity (Wildman–Crippen MR) is 57.8 cm³/mol. The molecule has 0 aliphatic carbocycles. The summed E-state index contributed by atoms with van der Waals surface area (Å²) in [5, 5.41) is 9.62. The normalized spacial score (nSPS) is 10.6. The molecule has 0 unspecified atom stereocenters. The maximum Gasteiger partial charge on any atom is 0.308 e. The Hall–Kier alpha value is -2.57. The van der Waals surface area contributed by atoms with Gasteiger partial charge in [-0.1, -0.05) is 12.1 Å². The van der Waals surface area contributed by atoms with E-state index in [2.05, 4.69) is 25.7 Å². The van der Waals surface area contributed by atoms with Crippen LogP contribution in [0.25, 0.3) is 0 Å². The maximum absolute atomic E-state index is 12.6. The number of carbonyl (C=O) groups is 1. The van der Waals surface area contributed by atoms with E-state index in [-0.39, 0.29) is 11.6 Å². The smallest absolute Gasteiger partial charge is 0.264 e. The van der Waals surface area contributed by atoms with E-state index < -0.39 is 5.91 Å². The van der Waals surface area contributed by atoms with E-state index in [1.807, 2.05) is 0 Å². The van der Waals surface area contributed by atoms with Gasteiger partial charge < -0.3 is 0 Å². The Bertz CT molecular complexity index is 520. The molecule has 1 aromatic heterocycles. The van der Waals surface area contributed by atoms with E-state index in [4.69, 9.17) is 0 Å². The van der Waals surface area contributed by atoms with Crippen molar-refractivity contribution in [2.45, 2.75) is 0 Å². The zero-order valence-electron chi connectivity index (χ0n) is 8.59. The first-order valence-electron chi connectivity index (χ1n) is 4.70. The number of hydrogen-bond donors (Lipinski definition) is 2. The third-order valence-corrected chi connectivity index (χ3v) is 1.88. The zero-order valence-corrected chi connectivity index (χ0v) is 8.59. The van der Waals surface area contributed by atoms with Crippen molar-refractivity contribution in [2.24, 2.45) is 5.10 Å². The SMILES string of the molecule is O=C(N/N=C/c1ccc(F)cc1)c1ncn[nH]1. The summed E-state index contributed by atoms with van der Waals surface area (Å²) in [6, 6.07) is 5.69. The Balaban J connectivity index is 1.94. The molecule has 0 aliphatic heterocycles. The average molecular weight is 233 g/mol. The molecule has 0 saturated heterocycles. The van der Waals surface area contributed by atoms with Crippen LogP contribution in [0.15, 0.2) is 35.7 Å². The topological polar surface area (TPSA) is 83.0 Å². The van der Waals surface area contributed by atoms with Crippen LogP contribution >= 0.6 is 0 Å². The number of hydrazone groups is 1. The van der Waals surface area contributed by atoms with Crippen LogP contribution in [0, 0.1) is 5.82 Å². The van der Waals surface area contributed by atoms with Crippen LogP contribution in [0.5, 0.6) is 0 Å². The Kier molecular flexibility index (Phi) is 3.20. The number of amides is 1. The summed E-state index contributed by atoms with van der Waals surface area (Å²) in [5.74, 6) is -0.755. The van der Waals surface area contributed by atoms with Crippen molar-refractivity contribution in [1.82, 2.24) is 20.6 Å². The highest BCUT2D eigenvalue weighted by atomic mass is 19.1. The van der Waals surface area contributed by atoms with Gasteiger partial charge in [-0.25, -0.2) is 14.8 Å². The number of carbonyl (C=O) groups excluding carboxylic acids is 1. The van der Waals surface area contributed by atoms with E-state index in [9.17, 15) is 9.18 Å². The van der Waals surface area contributed by atoms with Crippen molar-refractivity contribution >= 4 is 12.1 Å². The molecular formula is C10H8FN5O. The fraction of sp³-hybridized carbons (Fsp3) is 0. The Labute approximate surface area is 95.6 Å². The van der Waals surface area contributed by atoms with Crippen molar-refractivity contribution in [3.8, 4) is 0 Å². The van der Waals surface area contributed by atoms with Crippen molar-refractivity contribution in [3.63, 3.8) is 0 Å². The largest absolute Gasteiger partial charge is 0.308 e. The number of aromatic nitrogens is 3. The van der Waals surface area contributed by atoms with Crippen molar-refractivity contribution in [2.75, 3.05) is 0 Å². The first-order valence-corrected chi connectivity index (χ1v) is 4.70. The van der Waals surface area contributed by atoms with Crippen LogP contribution in [0.1, 0.15) is 16.2 Å². The molecule has 0 aliphatic rings. The highest BCUT2D eigenvalue weighted by molar-refractivity contribution is 5.91. The van der Waals surface area contributed by atoms with Gasteiger partial charge in [-0.3, -0.25) is 9.89 Å². The molecule has 0 radical (unpaired) electrons. The fourth-order valence-corrected chi connectivity index (χ4v) is 1.08. The highest BCUT2D eigenvalue weighted by Gasteiger charge is 2.05. The number of aromatic amines is 1. The standard InChI is InChI=1S/C10H8FN5O/c11-8-3-1-7(2-4-8)5-13-16-10(17)9-12-6-14-15-9/h1-6H,(H,16,17)(H,12,14,15)/b13-5+. The van der Waals surface area contributed by atoms with Gasteiger partial charge in [-0.15, -0.1) is 0 Å². The molecule has 0 spiro atoms. The number of halogens is 1. The molecule has 2 rings (SSSR count). The molecule has 17 heavy (non-hydrogen) atoms. The van der Waals surface area contributed by atoms with E-state index in [1.165, 1.54) is 24.7 Å². The van der Waals surface area contributed by atoms with Crippen LogP contribution in [0.3, 0.4) is 0 Å². The second-order valence-corrected chi connectivity index (χ2v) is 3.08. The number of benzene rings is 1. The minimum absolute atomic E-state index is 0.0706. The maximum atomic E-state index is 12.6. The van der Waals surface area contributed by atoms with Crippen molar-refractivity contribution in [1.29, 1.82) is 0 Å². The second kappa shape index (κ2) is 4.97. The molecule has 6 nitrogen and oxygen atoms in total. The lowest BCUT2D eigenvalue weighted by Gasteiger charge is -1.95. The summed E-state index contributed by atoms with van der Waals surface area (Å²) >= 11 is 0. The van der Waals surface area contributed by atoms with Gasteiger partial charge in [0.25, 0.3) is 0 Å². The van der Waals surface area contributed by atoms with Crippen LogP contribution < -0.4 is 5.43 Å². The monoisotopic (exact) mass is 233 g/mol. The summed E-state index contributed by atoms with van der Waals surface area (Å²) in [6.07, 6.45) is 2.62. The highest BCUT2D eigenvalue weighted by Crippen LogP contribution is 1.99. The molecule has 0 fully saturated rings. The minimum Gasteiger partial charge on any atom is -0.264 e. The van der Waals surface area contributed by atoms with Crippen LogP contribution in [0.2, 0.25) is 0 Å². The number of hydrogen-bond acceptors (Lipinski definition) is 4. The molecule has 2 aromatic rings. The fourth-order valence-electron chi connectivity index (χ4n) is 1.08. The van der Waals surface area contributed by atoms with E-state index >= 15 is 0 Å². The lowest BCUT2D eigenvalue weighted by molar-refractivity contribution is 0.0945. The molecule has 1 amide bonds. The number of H-pyrrole nitrogens is 1. The molecule has 1 heterocycles. The average Bonchev–Trinajstić information content (AvgIpc) is 2.85. The molecule has 86 valence electrons. The summed E-state index contributed by atoms with van der Waals surface area (Å²) in [4.78, 5) is 15.0. The molecular weight excluding hydrogens is 225 g/mol. The van der Waals surface area contributed by atoms with Gasteiger partial charge in [0.05, 0.1) is 6.21 Å². The minimum atomic E-state index is -0.499. The van der Waals surface area contributed by atoms with Crippen molar-refractivity contribution < 1.29 is 9.18 Å². The predicted octanol–water partition coefficient (Wildman–Crippen LogP) is 0.708. The van der Waals surface area contributed by atoms with Gasteiger partial charge in [0.2, 0.25) is 5.82 Å². The summed E-state index contributed by atoms with van der Waals surface area (Å²) in [7, 11) is 0. The van der Waals surface area contributed by atoms with Gasteiger partial charge in [-0.2, -0.15) is 10.2 Å². The Morgan fingerprint density at radius 3 is 2.82 bits per heavy atom. The molecule has 0 bridgehead atoms. The third kappa shape index (κ3) is 2.94. The number of rotatable bonds is 3. The Morgan fingerprint density at radius 1 is 1.41 bits per heavy atom. The quantitative estimate of drug-likeness (QED) is 0.605. The van der Waals surface area contributed by atoms with Crippen LogP contribution in [-0.4, -0.2) is 27.3 Å². The van der Waals surface area contributed by atoms with Gasteiger partial charge in [0.15, 0.2) is 0 Å². The third-order valence-electron chi connectivity index (χ3n) is 1.88. The van der Waals surface area contributed by atoms with Crippen LogP contribution in [-0.2, 0) is 0 Å². The number of nitrogens with zero attached hydrogens (tertiary/aromatic N) is 3.